The number of hydrogen-bond donors (Lipinski definition) is 1. The summed E-state index contributed by atoms with van der Waals surface area (Å²) in [5.74, 6) is 0.230. The van der Waals surface area contributed by atoms with Crippen LogP contribution in [0.2, 0.25) is 0 Å². The van der Waals surface area contributed by atoms with E-state index in [-0.39, 0.29) is 41.4 Å². The van der Waals surface area contributed by atoms with Crippen molar-refractivity contribution in [2.75, 3.05) is 14.2 Å². The van der Waals surface area contributed by atoms with Gasteiger partial charge in [-0.15, -0.1) is 0 Å². The normalized spacial score (nSPS) is 42.9. The lowest BCUT2D eigenvalue weighted by molar-refractivity contribution is -0.257. The number of carboxylic acids is 1. The number of rotatable bonds is 7. The third kappa shape index (κ3) is 3.80. The number of methoxy groups -OCH3 is 2. The van der Waals surface area contributed by atoms with Gasteiger partial charge in [-0.3, -0.25) is 14.4 Å². The van der Waals surface area contributed by atoms with Crippen molar-refractivity contribution in [2.24, 2.45) is 46.3 Å². The van der Waals surface area contributed by atoms with Crippen LogP contribution >= 0.6 is 0 Å². The molecule has 6 heteroatoms. The summed E-state index contributed by atoms with van der Waals surface area (Å²) in [5, 5.41) is 9.01. The molecule has 4 rings (SSSR count). The van der Waals surface area contributed by atoms with Crippen LogP contribution in [0.5, 0.6) is 0 Å². The summed E-state index contributed by atoms with van der Waals surface area (Å²) >= 11 is 0. The van der Waals surface area contributed by atoms with Crippen LogP contribution in [0.4, 0.5) is 0 Å². The number of aliphatic carboxylic acids is 1. The van der Waals surface area contributed by atoms with Crippen LogP contribution in [-0.4, -0.2) is 42.6 Å². The van der Waals surface area contributed by atoms with Crippen LogP contribution in [0.15, 0.2) is 0 Å². The van der Waals surface area contributed by atoms with Crippen LogP contribution in [0.1, 0.15) is 85.0 Å². The third-order valence-electron chi connectivity index (χ3n) is 10.9. The van der Waals surface area contributed by atoms with E-state index in [9.17, 15) is 14.4 Å². The first-order valence-corrected chi connectivity index (χ1v) is 12.9. The van der Waals surface area contributed by atoms with E-state index in [2.05, 4.69) is 20.8 Å². The molecule has 8 atom stereocenters. The highest BCUT2D eigenvalue weighted by Gasteiger charge is 2.67. The fraction of sp³-hybridized carbons (Fsp3) is 0.889. The first-order chi connectivity index (χ1) is 15.5. The first kappa shape index (κ1) is 24.8. The van der Waals surface area contributed by atoms with Crippen molar-refractivity contribution < 1.29 is 29.0 Å². The second kappa shape index (κ2) is 8.75. The molecule has 0 saturated heterocycles. The van der Waals surface area contributed by atoms with E-state index in [0.29, 0.717) is 43.2 Å². The Bertz CT molecular complexity index is 802. The van der Waals surface area contributed by atoms with Crippen molar-refractivity contribution in [3.8, 4) is 0 Å². The average molecular weight is 463 g/mol. The fourth-order valence-corrected chi connectivity index (χ4v) is 8.77. The summed E-state index contributed by atoms with van der Waals surface area (Å²) in [4.78, 5) is 38.5. The van der Waals surface area contributed by atoms with Gasteiger partial charge < -0.3 is 14.6 Å². The predicted molar refractivity (Wildman–Crippen MR) is 123 cm³/mol. The Morgan fingerprint density at radius 1 is 1.09 bits per heavy atom. The molecule has 1 N–H and O–H groups in total. The molecule has 0 heterocycles. The van der Waals surface area contributed by atoms with E-state index < -0.39 is 17.2 Å². The number of ketones is 2. The Morgan fingerprint density at radius 3 is 2.42 bits per heavy atom. The minimum absolute atomic E-state index is 0.0252. The van der Waals surface area contributed by atoms with Gasteiger partial charge in [0.25, 0.3) is 0 Å². The minimum atomic E-state index is -0.761. The van der Waals surface area contributed by atoms with Crippen molar-refractivity contribution in [1.29, 1.82) is 0 Å². The van der Waals surface area contributed by atoms with E-state index in [0.717, 1.165) is 32.1 Å². The SMILES string of the molecule is COC1(OC)CC[C@@]2(C)[C@H](CC(=O)[C@@H]3[C@@H]2CC(=O)[C@]2(C)[C@@H]([C@H](C)CCCC(=O)O)CC[C@@H]32)C1. The largest absolute Gasteiger partial charge is 0.481 e. The van der Waals surface area contributed by atoms with Gasteiger partial charge in [-0.25, -0.2) is 0 Å². The molecule has 0 spiro atoms. The van der Waals surface area contributed by atoms with Crippen molar-refractivity contribution in [1.82, 2.24) is 0 Å². The number of hydrogen-bond acceptors (Lipinski definition) is 5. The molecule has 33 heavy (non-hydrogen) atoms. The molecule has 0 bridgehead atoms. The minimum Gasteiger partial charge on any atom is -0.481 e. The molecule has 186 valence electrons. The zero-order valence-corrected chi connectivity index (χ0v) is 21.0. The van der Waals surface area contributed by atoms with Crippen molar-refractivity contribution in [3.63, 3.8) is 0 Å². The molecule has 0 aromatic rings. The zero-order chi connectivity index (χ0) is 24.2. The molecule has 0 aromatic carbocycles. The molecule has 0 aliphatic heterocycles. The zero-order valence-electron chi connectivity index (χ0n) is 21.0. The molecular weight excluding hydrogens is 420 g/mol. The van der Waals surface area contributed by atoms with E-state index in [1.807, 2.05) is 0 Å². The second-order valence-corrected chi connectivity index (χ2v) is 12.0. The number of ether oxygens (including phenoxy) is 2. The van der Waals surface area contributed by atoms with Crippen molar-refractivity contribution in [2.45, 2.75) is 90.8 Å². The number of fused-ring (bicyclic) bond motifs is 5. The Kier molecular flexibility index (Phi) is 6.58. The Labute approximate surface area is 198 Å². The Morgan fingerprint density at radius 2 is 1.79 bits per heavy atom. The summed E-state index contributed by atoms with van der Waals surface area (Å²) in [5.41, 5.74) is -0.499. The summed E-state index contributed by atoms with van der Waals surface area (Å²) in [6, 6.07) is 0. The maximum absolute atomic E-state index is 13.9. The van der Waals surface area contributed by atoms with Gasteiger partial charge in [0.05, 0.1) is 0 Å². The van der Waals surface area contributed by atoms with Crippen LogP contribution in [0, 0.1) is 46.3 Å². The van der Waals surface area contributed by atoms with Gasteiger partial charge in [-0.2, -0.15) is 0 Å². The van der Waals surface area contributed by atoms with E-state index in [4.69, 9.17) is 14.6 Å². The summed E-state index contributed by atoms with van der Waals surface area (Å²) in [6.07, 6.45) is 7.04. The summed E-state index contributed by atoms with van der Waals surface area (Å²) in [6.45, 7) is 6.62. The standard InChI is InChI=1S/C27H42O6/c1-16(7-6-8-23(30)31)18-9-10-19-24-20(14-22(29)26(18,19)3)25(2)11-12-27(32-4,33-5)15-17(25)13-21(24)28/h16-20,24H,6-15H2,1-5H3,(H,30,31)/t16-,17-,18-,19+,20+,24+,25+,26-/m1/s1. The summed E-state index contributed by atoms with van der Waals surface area (Å²) < 4.78 is 11.5. The topological polar surface area (TPSA) is 89.9 Å². The van der Waals surface area contributed by atoms with Crippen LogP contribution in [0.3, 0.4) is 0 Å². The highest BCUT2D eigenvalue weighted by Crippen LogP contribution is 2.67. The van der Waals surface area contributed by atoms with Gasteiger partial charge in [0.15, 0.2) is 5.79 Å². The molecule has 4 aliphatic carbocycles. The Hall–Kier alpha value is -1.27. The van der Waals surface area contributed by atoms with Gasteiger partial charge in [0.1, 0.15) is 11.6 Å². The monoisotopic (exact) mass is 462 g/mol. The number of carbonyl (C=O) groups is 3. The molecular formula is C27H42O6. The molecule has 6 nitrogen and oxygen atoms in total. The second-order valence-electron chi connectivity index (χ2n) is 12.0. The lowest BCUT2D eigenvalue weighted by Gasteiger charge is -2.60. The maximum atomic E-state index is 13.9. The van der Waals surface area contributed by atoms with Crippen molar-refractivity contribution in [3.05, 3.63) is 0 Å². The fourth-order valence-electron chi connectivity index (χ4n) is 8.77. The highest BCUT2D eigenvalue weighted by atomic mass is 16.7. The molecule has 4 fully saturated rings. The number of carboxylic acid groups (broad SMARTS) is 1. The van der Waals surface area contributed by atoms with Crippen LogP contribution in [0.25, 0.3) is 0 Å². The third-order valence-corrected chi connectivity index (χ3v) is 10.9. The summed E-state index contributed by atoms with van der Waals surface area (Å²) in [7, 11) is 3.37. The van der Waals surface area contributed by atoms with Gasteiger partial charge >= 0.3 is 5.97 Å². The van der Waals surface area contributed by atoms with Crippen LogP contribution < -0.4 is 0 Å². The molecule has 0 radical (unpaired) electrons. The Balaban J connectivity index is 1.58. The molecule has 4 saturated carbocycles. The van der Waals surface area contributed by atoms with Crippen LogP contribution in [-0.2, 0) is 23.9 Å². The smallest absolute Gasteiger partial charge is 0.303 e. The molecule has 0 aromatic heterocycles. The maximum Gasteiger partial charge on any atom is 0.303 e. The average Bonchev–Trinajstić information content (AvgIpc) is 3.13. The quantitative estimate of drug-likeness (QED) is 0.542. The van der Waals surface area contributed by atoms with E-state index in [1.165, 1.54) is 0 Å². The first-order valence-electron chi connectivity index (χ1n) is 12.9. The van der Waals surface area contributed by atoms with Gasteiger partial charge in [0.2, 0.25) is 0 Å². The van der Waals surface area contributed by atoms with Gasteiger partial charge in [-0.1, -0.05) is 20.8 Å². The van der Waals surface area contributed by atoms with Crippen molar-refractivity contribution >= 4 is 17.5 Å². The number of carbonyl (C=O) groups excluding carboxylic acids is 2. The molecule has 0 unspecified atom stereocenters. The van der Waals surface area contributed by atoms with Gasteiger partial charge in [0, 0.05) is 57.7 Å². The van der Waals surface area contributed by atoms with E-state index >= 15 is 0 Å². The van der Waals surface area contributed by atoms with E-state index in [1.54, 1.807) is 14.2 Å². The molecule has 4 aliphatic rings. The lowest BCUT2D eigenvalue weighted by atomic mass is 9.43. The number of Topliss-reactive ketones (excluding diaryl/α,β-unsaturated/α-hetero) is 2. The lowest BCUT2D eigenvalue weighted by Crippen LogP contribution is -2.61. The highest BCUT2D eigenvalue weighted by molar-refractivity contribution is 5.92. The predicted octanol–water partition coefficient (Wildman–Crippen LogP) is 4.88. The molecule has 0 amide bonds. The van der Waals surface area contributed by atoms with Gasteiger partial charge in [-0.05, 0) is 67.1 Å².